The van der Waals surface area contributed by atoms with Crippen molar-refractivity contribution < 1.29 is 18.0 Å². The summed E-state index contributed by atoms with van der Waals surface area (Å²) in [5.74, 6) is 0.0993. The zero-order chi connectivity index (χ0) is 19.1. The van der Waals surface area contributed by atoms with Crippen molar-refractivity contribution in [3.63, 3.8) is 0 Å². The summed E-state index contributed by atoms with van der Waals surface area (Å²) in [7, 11) is 0. The van der Waals surface area contributed by atoms with Gasteiger partial charge in [0, 0.05) is 12.5 Å². The number of halogens is 3. The van der Waals surface area contributed by atoms with Crippen LogP contribution in [-0.2, 0) is 11.0 Å². The summed E-state index contributed by atoms with van der Waals surface area (Å²) in [5.41, 5.74) is -0.392. The lowest BCUT2D eigenvalue weighted by atomic mass is 9.90. The Morgan fingerprint density at radius 1 is 1.23 bits per heavy atom. The number of anilines is 1. The number of carbonyl (C=O) groups is 1. The molecule has 26 heavy (non-hydrogen) atoms. The van der Waals surface area contributed by atoms with Crippen LogP contribution in [0.3, 0.4) is 0 Å². The summed E-state index contributed by atoms with van der Waals surface area (Å²) in [4.78, 5) is 20.4. The number of hydrogen-bond donors (Lipinski definition) is 1. The van der Waals surface area contributed by atoms with Gasteiger partial charge in [-0.15, -0.1) is 0 Å². The van der Waals surface area contributed by atoms with Gasteiger partial charge in [-0.3, -0.25) is 14.7 Å². The Labute approximate surface area is 150 Å². The minimum atomic E-state index is -4.51. The molecule has 5 nitrogen and oxygen atoms in total. The molecule has 1 aliphatic rings. The average molecular weight is 368 g/mol. The summed E-state index contributed by atoms with van der Waals surface area (Å²) in [6.07, 6.45) is -0.792. The maximum absolute atomic E-state index is 13.0. The second-order valence-corrected chi connectivity index (χ2v) is 8.04. The van der Waals surface area contributed by atoms with Crippen molar-refractivity contribution in [2.75, 3.05) is 5.32 Å². The summed E-state index contributed by atoms with van der Waals surface area (Å²) in [5, 5.41) is 2.77. The first kappa shape index (κ1) is 18.7. The van der Waals surface area contributed by atoms with Gasteiger partial charge in [0.05, 0.1) is 0 Å². The minimum absolute atomic E-state index is 0.0221. The topological polar surface area (TPSA) is 59.8 Å². The summed E-state index contributed by atoms with van der Waals surface area (Å²) in [6.45, 7) is 6.14. The van der Waals surface area contributed by atoms with Crippen molar-refractivity contribution in [3.8, 4) is 0 Å². The largest absolute Gasteiger partial charge is 0.433 e. The number of nitrogens with zero attached hydrogens (tertiary/aromatic N) is 3. The summed E-state index contributed by atoms with van der Waals surface area (Å²) in [6, 6.07) is 2.26. The van der Waals surface area contributed by atoms with Crippen molar-refractivity contribution in [1.82, 2.24) is 14.5 Å². The van der Waals surface area contributed by atoms with Crippen molar-refractivity contribution in [3.05, 3.63) is 17.8 Å². The number of aromatic nitrogens is 3. The molecule has 2 heterocycles. The normalized spacial score (nSPS) is 15.9. The highest BCUT2D eigenvalue weighted by molar-refractivity contribution is 5.91. The molecule has 0 bridgehead atoms. The third-order valence-electron chi connectivity index (χ3n) is 4.62. The number of rotatable bonds is 4. The molecule has 0 radical (unpaired) electrons. The molecular formula is C18H23F3N4O. The molecule has 2 aromatic heterocycles. The predicted octanol–water partition coefficient (Wildman–Crippen LogP) is 4.94. The Kier molecular flexibility index (Phi) is 4.71. The minimum Gasteiger partial charge on any atom is -0.296 e. The molecule has 1 aliphatic carbocycles. The number of carbonyl (C=O) groups excluding carboxylic acids is 1. The van der Waals surface area contributed by atoms with Crippen LogP contribution >= 0.6 is 0 Å². The van der Waals surface area contributed by atoms with Crippen LogP contribution in [-0.4, -0.2) is 20.4 Å². The fourth-order valence-corrected chi connectivity index (χ4v) is 2.89. The van der Waals surface area contributed by atoms with E-state index in [1.165, 1.54) is 6.07 Å². The summed E-state index contributed by atoms with van der Waals surface area (Å²) >= 11 is 0. The number of fused-ring (bicyclic) bond motifs is 1. The number of pyridine rings is 1. The molecule has 0 unspecified atom stereocenters. The summed E-state index contributed by atoms with van der Waals surface area (Å²) < 4.78 is 40.7. The van der Waals surface area contributed by atoms with Crippen molar-refractivity contribution in [2.24, 2.45) is 5.41 Å². The molecule has 1 N–H and O–H groups in total. The van der Waals surface area contributed by atoms with Gasteiger partial charge in [0.15, 0.2) is 5.65 Å². The van der Waals surface area contributed by atoms with Crippen molar-refractivity contribution in [1.29, 1.82) is 0 Å². The quantitative estimate of drug-likeness (QED) is 0.831. The van der Waals surface area contributed by atoms with Gasteiger partial charge in [-0.25, -0.2) is 9.97 Å². The third kappa shape index (κ3) is 3.99. The first-order valence-electron chi connectivity index (χ1n) is 8.81. The Morgan fingerprint density at radius 2 is 1.92 bits per heavy atom. The molecule has 1 saturated carbocycles. The van der Waals surface area contributed by atoms with Crippen molar-refractivity contribution in [2.45, 2.75) is 65.1 Å². The van der Waals surface area contributed by atoms with Crippen LogP contribution in [0, 0.1) is 5.41 Å². The Bertz CT molecular complexity index is 816. The van der Waals surface area contributed by atoms with Crippen LogP contribution in [0.25, 0.3) is 11.2 Å². The lowest BCUT2D eigenvalue weighted by Crippen LogP contribution is -2.23. The molecule has 3 rings (SSSR count). The highest BCUT2D eigenvalue weighted by Gasteiger charge is 2.34. The highest BCUT2D eigenvalue weighted by Crippen LogP contribution is 2.38. The van der Waals surface area contributed by atoms with E-state index in [0.717, 1.165) is 25.3 Å². The zero-order valence-corrected chi connectivity index (χ0v) is 15.2. The number of amides is 1. The van der Waals surface area contributed by atoms with Gasteiger partial charge < -0.3 is 0 Å². The van der Waals surface area contributed by atoms with E-state index in [-0.39, 0.29) is 29.0 Å². The zero-order valence-electron chi connectivity index (χ0n) is 15.2. The predicted molar refractivity (Wildman–Crippen MR) is 92.7 cm³/mol. The van der Waals surface area contributed by atoms with Crippen LogP contribution in [0.1, 0.15) is 64.6 Å². The lowest BCUT2D eigenvalue weighted by Gasteiger charge is -2.28. The molecule has 0 aliphatic heterocycles. The van der Waals surface area contributed by atoms with Gasteiger partial charge in [0.2, 0.25) is 11.9 Å². The molecule has 8 heteroatoms. The van der Waals surface area contributed by atoms with E-state index in [9.17, 15) is 18.0 Å². The second-order valence-electron chi connectivity index (χ2n) is 8.04. The number of alkyl halides is 3. The van der Waals surface area contributed by atoms with E-state index < -0.39 is 11.9 Å². The maximum atomic E-state index is 13.0. The molecule has 1 amide bonds. The fraction of sp³-hybridized carbons (Fsp3) is 0.611. The molecular weight excluding hydrogens is 345 g/mol. The lowest BCUT2D eigenvalue weighted by molar-refractivity contribution is -0.141. The smallest absolute Gasteiger partial charge is 0.296 e. The fourth-order valence-electron chi connectivity index (χ4n) is 2.89. The number of imidazole rings is 1. The Morgan fingerprint density at radius 3 is 2.46 bits per heavy atom. The monoisotopic (exact) mass is 368 g/mol. The van der Waals surface area contributed by atoms with Crippen LogP contribution in [0.15, 0.2) is 12.1 Å². The first-order valence-corrected chi connectivity index (χ1v) is 8.81. The number of hydrogen-bond acceptors (Lipinski definition) is 3. The van der Waals surface area contributed by atoms with Crippen LogP contribution < -0.4 is 5.32 Å². The van der Waals surface area contributed by atoms with Gasteiger partial charge in [-0.1, -0.05) is 20.8 Å². The van der Waals surface area contributed by atoms with Gasteiger partial charge in [-0.05, 0) is 43.2 Å². The van der Waals surface area contributed by atoms with E-state index in [4.69, 9.17) is 0 Å². The van der Waals surface area contributed by atoms with E-state index in [1.54, 1.807) is 4.57 Å². The van der Waals surface area contributed by atoms with Crippen LogP contribution in [0.5, 0.6) is 0 Å². The van der Waals surface area contributed by atoms with E-state index in [2.05, 4.69) is 15.3 Å². The van der Waals surface area contributed by atoms with Crippen LogP contribution in [0.4, 0.5) is 19.1 Å². The molecule has 2 aromatic rings. The SMILES string of the molecule is CC(C)(C)CCC(=O)Nc1nc2ccc(C(F)(F)F)nc2n1C1CCC1. The second kappa shape index (κ2) is 6.55. The van der Waals surface area contributed by atoms with E-state index in [0.29, 0.717) is 18.4 Å². The molecule has 0 aromatic carbocycles. The average Bonchev–Trinajstić information content (AvgIpc) is 2.79. The number of nitrogens with one attached hydrogen (secondary N) is 1. The van der Waals surface area contributed by atoms with Crippen LogP contribution in [0.2, 0.25) is 0 Å². The molecule has 0 spiro atoms. The van der Waals surface area contributed by atoms with Gasteiger partial charge >= 0.3 is 6.18 Å². The Balaban J connectivity index is 1.93. The maximum Gasteiger partial charge on any atom is 0.433 e. The molecule has 142 valence electrons. The highest BCUT2D eigenvalue weighted by atomic mass is 19.4. The standard InChI is InChI=1S/C18H23F3N4O/c1-17(2,3)10-9-14(26)24-16-22-12-7-8-13(18(19,20)21)23-15(12)25(16)11-5-4-6-11/h7-8,11H,4-6,9-10H2,1-3H3,(H,22,24,26). The molecule has 0 atom stereocenters. The van der Waals surface area contributed by atoms with E-state index in [1.807, 2.05) is 20.8 Å². The van der Waals surface area contributed by atoms with Gasteiger partial charge in [0.25, 0.3) is 0 Å². The van der Waals surface area contributed by atoms with Crippen molar-refractivity contribution >= 4 is 23.0 Å². The molecule has 1 fully saturated rings. The first-order chi connectivity index (χ1) is 12.0. The molecule has 0 saturated heterocycles. The third-order valence-corrected chi connectivity index (χ3v) is 4.62. The van der Waals surface area contributed by atoms with Gasteiger partial charge in [0.1, 0.15) is 11.2 Å². The van der Waals surface area contributed by atoms with E-state index >= 15 is 0 Å². The van der Waals surface area contributed by atoms with Gasteiger partial charge in [-0.2, -0.15) is 13.2 Å². The Hall–Kier alpha value is -2.12.